The predicted molar refractivity (Wildman–Crippen MR) is 66.4 cm³/mol. The molecule has 2 aromatic rings. The van der Waals surface area contributed by atoms with Crippen LogP contribution in [0.15, 0.2) is 18.2 Å². The van der Waals surface area contributed by atoms with Gasteiger partial charge in [0.05, 0.1) is 10.2 Å². The number of fused-ring (bicyclic) bond motifs is 1. The minimum absolute atomic E-state index is 0.0177. The molecule has 0 aliphatic rings. The zero-order chi connectivity index (χ0) is 11.1. The van der Waals surface area contributed by atoms with E-state index in [1.54, 1.807) is 11.3 Å². The first-order valence-corrected chi connectivity index (χ1v) is 5.93. The zero-order valence-corrected chi connectivity index (χ0v) is 10.2. The minimum Gasteiger partial charge on any atom is -0.330 e. The number of hydrogen-bond donors (Lipinski definition) is 1. The van der Waals surface area contributed by atoms with Gasteiger partial charge in [0, 0.05) is 12.0 Å². The molecule has 1 heterocycles. The molecular formula is C12H16N2S. The van der Waals surface area contributed by atoms with Gasteiger partial charge in [0.1, 0.15) is 5.01 Å². The first-order valence-electron chi connectivity index (χ1n) is 5.11. The van der Waals surface area contributed by atoms with Crippen molar-refractivity contribution in [2.24, 2.45) is 5.73 Å². The van der Waals surface area contributed by atoms with Crippen molar-refractivity contribution in [3.63, 3.8) is 0 Å². The lowest BCUT2D eigenvalue weighted by atomic mass is 9.95. The van der Waals surface area contributed by atoms with E-state index in [0.717, 1.165) is 10.5 Å². The summed E-state index contributed by atoms with van der Waals surface area (Å²) in [5.74, 6) is 0. The Morgan fingerprint density at radius 3 is 2.73 bits per heavy atom. The lowest BCUT2D eigenvalue weighted by Gasteiger charge is -2.18. The number of benzene rings is 1. The fourth-order valence-corrected chi connectivity index (χ4v) is 2.62. The van der Waals surface area contributed by atoms with Gasteiger partial charge in [-0.25, -0.2) is 4.98 Å². The van der Waals surface area contributed by atoms with Crippen molar-refractivity contribution < 1.29 is 0 Å². The summed E-state index contributed by atoms with van der Waals surface area (Å²) < 4.78 is 1.26. The van der Waals surface area contributed by atoms with Crippen LogP contribution in [-0.2, 0) is 5.41 Å². The van der Waals surface area contributed by atoms with Crippen molar-refractivity contribution in [2.45, 2.75) is 26.2 Å². The van der Waals surface area contributed by atoms with Gasteiger partial charge in [0.15, 0.2) is 0 Å². The zero-order valence-electron chi connectivity index (χ0n) is 9.37. The van der Waals surface area contributed by atoms with Crippen molar-refractivity contribution in [3.8, 4) is 0 Å². The molecule has 0 spiro atoms. The monoisotopic (exact) mass is 220 g/mol. The SMILES string of the molecule is Cc1cccc2sc(C(C)(C)CN)nc12. The first kappa shape index (κ1) is 10.6. The summed E-state index contributed by atoms with van der Waals surface area (Å²) in [5.41, 5.74) is 8.11. The number of aryl methyl sites for hydroxylation is 1. The summed E-state index contributed by atoms with van der Waals surface area (Å²) >= 11 is 1.75. The van der Waals surface area contributed by atoms with Crippen molar-refractivity contribution >= 4 is 21.6 Å². The molecule has 0 radical (unpaired) electrons. The van der Waals surface area contributed by atoms with E-state index in [9.17, 15) is 0 Å². The van der Waals surface area contributed by atoms with Gasteiger partial charge >= 0.3 is 0 Å². The molecule has 0 saturated heterocycles. The molecule has 0 amide bonds. The number of nitrogens with two attached hydrogens (primary N) is 1. The molecule has 1 aromatic carbocycles. The highest BCUT2D eigenvalue weighted by Crippen LogP contribution is 2.31. The molecule has 0 unspecified atom stereocenters. The fraction of sp³-hybridized carbons (Fsp3) is 0.417. The average molecular weight is 220 g/mol. The third-order valence-electron chi connectivity index (χ3n) is 2.71. The Hall–Kier alpha value is -0.930. The number of thiazole rings is 1. The fourth-order valence-electron chi connectivity index (χ4n) is 1.46. The topological polar surface area (TPSA) is 38.9 Å². The molecule has 15 heavy (non-hydrogen) atoms. The van der Waals surface area contributed by atoms with Crippen LogP contribution >= 0.6 is 11.3 Å². The van der Waals surface area contributed by atoms with Crippen molar-refractivity contribution in [1.29, 1.82) is 0 Å². The molecule has 80 valence electrons. The Kier molecular flexibility index (Phi) is 2.52. The lowest BCUT2D eigenvalue weighted by molar-refractivity contribution is 0.536. The second-order valence-corrected chi connectivity index (χ2v) is 5.56. The molecule has 3 heteroatoms. The highest BCUT2D eigenvalue weighted by molar-refractivity contribution is 7.18. The number of para-hydroxylation sites is 1. The van der Waals surface area contributed by atoms with Gasteiger partial charge in [-0.05, 0) is 18.6 Å². The third kappa shape index (κ3) is 1.77. The van der Waals surface area contributed by atoms with Crippen LogP contribution in [0, 0.1) is 6.92 Å². The summed E-state index contributed by atoms with van der Waals surface area (Å²) in [5, 5.41) is 1.13. The molecular weight excluding hydrogens is 204 g/mol. The lowest BCUT2D eigenvalue weighted by Crippen LogP contribution is -2.27. The quantitative estimate of drug-likeness (QED) is 0.845. The number of rotatable bonds is 2. The van der Waals surface area contributed by atoms with Crippen molar-refractivity contribution in [2.75, 3.05) is 6.54 Å². The van der Waals surface area contributed by atoms with Gasteiger partial charge in [-0.3, -0.25) is 0 Å². The van der Waals surface area contributed by atoms with E-state index in [0.29, 0.717) is 6.54 Å². The Labute approximate surface area is 94.1 Å². The Bertz CT molecular complexity index is 485. The van der Waals surface area contributed by atoms with Gasteiger partial charge in [0.25, 0.3) is 0 Å². The maximum atomic E-state index is 5.76. The summed E-state index contributed by atoms with van der Waals surface area (Å²) in [4.78, 5) is 4.69. The Balaban J connectivity index is 2.62. The van der Waals surface area contributed by atoms with Gasteiger partial charge < -0.3 is 5.73 Å². The van der Waals surface area contributed by atoms with Crippen LogP contribution in [0.3, 0.4) is 0 Å². The van der Waals surface area contributed by atoms with Crippen LogP contribution < -0.4 is 5.73 Å². The molecule has 0 fully saturated rings. The van der Waals surface area contributed by atoms with E-state index < -0.39 is 0 Å². The third-order valence-corrected chi connectivity index (χ3v) is 4.10. The molecule has 0 aliphatic carbocycles. The Morgan fingerprint density at radius 1 is 1.40 bits per heavy atom. The van der Waals surface area contributed by atoms with Crippen LogP contribution in [-0.4, -0.2) is 11.5 Å². The number of hydrogen-bond acceptors (Lipinski definition) is 3. The first-order chi connectivity index (χ1) is 7.04. The highest BCUT2D eigenvalue weighted by atomic mass is 32.1. The maximum Gasteiger partial charge on any atom is 0.101 e. The summed E-state index contributed by atoms with van der Waals surface area (Å²) in [6.07, 6.45) is 0. The van der Waals surface area contributed by atoms with Crippen LogP contribution in [0.25, 0.3) is 10.2 Å². The predicted octanol–water partition coefficient (Wildman–Crippen LogP) is 2.84. The molecule has 2 N–H and O–H groups in total. The molecule has 1 aromatic heterocycles. The molecule has 2 nitrogen and oxygen atoms in total. The van der Waals surface area contributed by atoms with Gasteiger partial charge in [0.2, 0.25) is 0 Å². The smallest absolute Gasteiger partial charge is 0.101 e. The van der Waals surface area contributed by atoms with Gasteiger partial charge in [-0.15, -0.1) is 11.3 Å². The van der Waals surface area contributed by atoms with Crippen LogP contribution in [0.1, 0.15) is 24.4 Å². The maximum absolute atomic E-state index is 5.76. The molecule has 0 saturated carbocycles. The molecule has 0 atom stereocenters. The second-order valence-electron chi connectivity index (χ2n) is 4.53. The summed E-state index contributed by atoms with van der Waals surface area (Å²) in [6, 6.07) is 6.30. The van der Waals surface area contributed by atoms with E-state index in [1.807, 2.05) is 0 Å². The van der Waals surface area contributed by atoms with Crippen molar-refractivity contribution in [1.82, 2.24) is 4.98 Å². The van der Waals surface area contributed by atoms with E-state index in [2.05, 4.69) is 39.0 Å². The van der Waals surface area contributed by atoms with Gasteiger partial charge in [-0.2, -0.15) is 0 Å². The normalized spacial score (nSPS) is 12.3. The van der Waals surface area contributed by atoms with Crippen molar-refractivity contribution in [3.05, 3.63) is 28.8 Å². The van der Waals surface area contributed by atoms with E-state index in [4.69, 9.17) is 10.7 Å². The van der Waals surface area contributed by atoms with E-state index in [-0.39, 0.29) is 5.41 Å². The van der Waals surface area contributed by atoms with E-state index in [1.165, 1.54) is 10.3 Å². The average Bonchev–Trinajstić information content (AvgIpc) is 2.64. The molecule has 2 rings (SSSR count). The van der Waals surface area contributed by atoms with Crippen LogP contribution in [0.5, 0.6) is 0 Å². The standard InChI is InChI=1S/C12H16N2S/c1-8-5-4-6-9-10(8)14-11(15-9)12(2,3)7-13/h4-6H,7,13H2,1-3H3. The van der Waals surface area contributed by atoms with Gasteiger partial charge in [-0.1, -0.05) is 26.0 Å². The molecule has 0 aliphatic heterocycles. The summed E-state index contributed by atoms with van der Waals surface area (Å²) in [7, 11) is 0. The summed E-state index contributed by atoms with van der Waals surface area (Å²) in [6.45, 7) is 7.01. The number of nitrogens with zero attached hydrogens (tertiary/aromatic N) is 1. The Morgan fingerprint density at radius 2 is 2.13 bits per heavy atom. The minimum atomic E-state index is -0.0177. The molecule has 0 bridgehead atoms. The van der Waals surface area contributed by atoms with Crippen LogP contribution in [0.4, 0.5) is 0 Å². The number of aromatic nitrogens is 1. The van der Waals surface area contributed by atoms with E-state index >= 15 is 0 Å². The van der Waals surface area contributed by atoms with Crippen LogP contribution in [0.2, 0.25) is 0 Å². The highest BCUT2D eigenvalue weighted by Gasteiger charge is 2.23. The second kappa shape index (κ2) is 3.58. The largest absolute Gasteiger partial charge is 0.330 e.